The lowest BCUT2D eigenvalue weighted by atomic mass is 9.87. The molecule has 1 amide bonds. The lowest BCUT2D eigenvalue weighted by Gasteiger charge is -2.19. The van der Waals surface area contributed by atoms with Gasteiger partial charge in [-0.25, -0.2) is 0 Å². The van der Waals surface area contributed by atoms with Crippen molar-refractivity contribution in [1.29, 1.82) is 0 Å². The van der Waals surface area contributed by atoms with Gasteiger partial charge in [0.25, 0.3) is 5.91 Å². The summed E-state index contributed by atoms with van der Waals surface area (Å²) in [5.74, 6) is 0.568. The number of nitrogens with two attached hydrogens (primary N) is 1. The van der Waals surface area contributed by atoms with E-state index < -0.39 is 0 Å². The number of hydrogen-bond donors (Lipinski definition) is 3. The Kier molecular flexibility index (Phi) is 6.58. The van der Waals surface area contributed by atoms with Crippen molar-refractivity contribution < 1.29 is 9.53 Å². The summed E-state index contributed by atoms with van der Waals surface area (Å²) in [5.41, 5.74) is 7.91. The summed E-state index contributed by atoms with van der Waals surface area (Å²) in [6.07, 6.45) is 0. The first-order valence-corrected chi connectivity index (χ1v) is 8.85. The lowest BCUT2D eigenvalue weighted by molar-refractivity contribution is 0.0948. The van der Waals surface area contributed by atoms with E-state index >= 15 is 0 Å². The van der Waals surface area contributed by atoms with Gasteiger partial charge in [-0.1, -0.05) is 45.0 Å². The number of benzene rings is 2. The van der Waals surface area contributed by atoms with Crippen molar-refractivity contribution in [2.75, 3.05) is 18.5 Å². The molecule has 2 rings (SSSR count). The van der Waals surface area contributed by atoms with E-state index in [2.05, 4.69) is 43.5 Å². The van der Waals surface area contributed by atoms with Crippen molar-refractivity contribution in [2.45, 2.75) is 26.2 Å². The van der Waals surface area contributed by atoms with Gasteiger partial charge in [0.2, 0.25) is 0 Å². The minimum absolute atomic E-state index is 0.111. The van der Waals surface area contributed by atoms with Crippen molar-refractivity contribution in [3.05, 3.63) is 59.7 Å². The first-order valence-electron chi connectivity index (χ1n) is 8.44. The second kappa shape index (κ2) is 8.67. The number of rotatable bonds is 6. The molecule has 0 aliphatic rings. The standard InChI is InChI=1S/C20H25N3O2S/c1-20(2,3)14-8-10-15(11-9-14)25-13-12-22-18(24)16-6-4-5-7-17(16)23-19(21)26/h4-11H,12-13H2,1-3H3,(H,22,24)(H3,21,23,26). The molecule has 0 unspecified atom stereocenters. The summed E-state index contributed by atoms with van der Waals surface area (Å²) in [6, 6.07) is 15.1. The summed E-state index contributed by atoms with van der Waals surface area (Å²) in [6.45, 7) is 7.28. The van der Waals surface area contributed by atoms with Crippen LogP contribution in [-0.2, 0) is 5.41 Å². The number of nitrogens with one attached hydrogen (secondary N) is 2. The van der Waals surface area contributed by atoms with Crippen LogP contribution in [0.15, 0.2) is 48.5 Å². The largest absolute Gasteiger partial charge is 0.492 e. The van der Waals surface area contributed by atoms with Crippen LogP contribution in [0.5, 0.6) is 5.75 Å². The summed E-state index contributed by atoms with van der Waals surface area (Å²) in [7, 11) is 0. The number of carbonyl (C=O) groups excluding carboxylic acids is 1. The fourth-order valence-electron chi connectivity index (χ4n) is 2.40. The van der Waals surface area contributed by atoms with Crippen molar-refractivity contribution in [3.63, 3.8) is 0 Å². The molecule has 0 heterocycles. The number of anilines is 1. The zero-order chi connectivity index (χ0) is 19.2. The highest BCUT2D eigenvalue weighted by Crippen LogP contribution is 2.24. The predicted molar refractivity (Wildman–Crippen MR) is 110 cm³/mol. The third-order valence-electron chi connectivity index (χ3n) is 3.81. The highest BCUT2D eigenvalue weighted by molar-refractivity contribution is 7.80. The van der Waals surface area contributed by atoms with Gasteiger partial charge in [0.1, 0.15) is 12.4 Å². The minimum Gasteiger partial charge on any atom is -0.492 e. The van der Waals surface area contributed by atoms with Gasteiger partial charge in [-0.15, -0.1) is 0 Å². The van der Waals surface area contributed by atoms with Crippen molar-refractivity contribution in [1.82, 2.24) is 5.32 Å². The Morgan fingerprint density at radius 1 is 1.12 bits per heavy atom. The fourth-order valence-corrected chi connectivity index (χ4v) is 2.51. The van der Waals surface area contributed by atoms with E-state index in [1.54, 1.807) is 18.2 Å². The molecule has 0 aliphatic carbocycles. The molecule has 0 saturated heterocycles. The number of amides is 1. The second-order valence-electron chi connectivity index (χ2n) is 6.91. The first-order chi connectivity index (χ1) is 12.3. The molecule has 0 spiro atoms. The molecule has 0 saturated carbocycles. The van der Waals surface area contributed by atoms with Crippen LogP contribution in [0.4, 0.5) is 5.69 Å². The molecule has 0 fully saturated rings. The molecule has 0 atom stereocenters. The lowest BCUT2D eigenvalue weighted by Crippen LogP contribution is -2.29. The predicted octanol–water partition coefficient (Wildman–Crippen LogP) is 3.45. The monoisotopic (exact) mass is 371 g/mol. The zero-order valence-electron chi connectivity index (χ0n) is 15.3. The van der Waals surface area contributed by atoms with E-state index in [-0.39, 0.29) is 16.4 Å². The van der Waals surface area contributed by atoms with Crippen LogP contribution in [-0.4, -0.2) is 24.2 Å². The summed E-state index contributed by atoms with van der Waals surface area (Å²) in [5, 5.41) is 5.75. The number of carbonyl (C=O) groups is 1. The third kappa shape index (κ3) is 5.74. The van der Waals surface area contributed by atoms with Gasteiger partial charge in [0.05, 0.1) is 17.8 Å². The van der Waals surface area contributed by atoms with Gasteiger partial charge < -0.3 is 21.1 Å². The topological polar surface area (TPSA) is 76.4 Å². The van der Waals surface area contributed by atoms with Crippen LogP contribution in [0.25, 0.3) is 0 Å². The molecule has 2 aromatic carbocycles. The molecule has 2 aromatic rings. The maximum atomic E-state index is 12.3. The number of ether oxygens (including phenoxy) is 1. The van der Waals surface area contributed by atoms with Crippen LogP contribution in [0.3, 0.4) is 0 Å². The molecule has 0 bridgehead atoms. The normalized spacial score (nSPS) is 10.9. The highest BCUT2D eigenvalue weighted by atomic mass is 32.1. The molecular weight excluding hydrogens is 346 g/mol. The first kappa shape index (κ1) is 19.7. The molecule has 0 radical (unpaired) electrons. The Balaban J connectivity index is 1.85. The Morgan fingerprint density at radius 3 is 2.38 bits per heavy atom. The number of thiocarbonyl (C=S) groups is 1. The van der Waals surface area contributed by atoms with E-state index in [9.17, 15) is 4.79 Å². The minimum atomic E-state index is -0.212. The number of hydrogen-bond acceptors (Lipinski definition) is 3. The Labute approximate surface area is 159 Å². The Hall–Kier alpha value is -2.60. The average Bonchev–Trinajstić information content (AvgIpc) is 2.58. The van der Waals surface area contributed by atoms with Gasteiger partial charge in [0, 0.05) is 0 Å². The van der Waals surface area contributed by atoms with Crippen LogP contribution in [0.2, 0.25) is 0 Å². The van der Waals surface area contributed by atoms with Crippen molar-refractivity contribution in [3.8, 4) is 5.75 Å². The van der Waals surface area contributed by atoms with E-state index in [0.717, 1.165) is 5.75 Å². The molecular formula is C20H25N3O2S. The van der Waals surface area contributed by atoms with Gasteiger partial charge >= 0.3 is 0 Å². The third-order valence-corrected chi connectivity index (χ3v) is 3.91. The molecule has 0 aromatic heterocycles. The number of para-hydroxylation sites is 1. The SMILES string of the molecule is CC(C)(C)c1ccc(OCCNC(=O)c2ccccc2NC(N)=S)cc1. The van der Waals surface area contributed by atoms with Gasteiger partial charge in [0.15, 0.2) is 5.11 Å². The smallest absolute Gasteiger partial charge is 0.253 e. The second-order valence-corrected chi connectivity index (χ2v) is 7.35. The molecule has 5 nitrogen and oxygen atoms in total. The van der Waals surface area contributed by atoms with Gasteiger partial charge in [-0.3, -0.25) is 4.79 Å². The van der Waals surface area contributed by atoms with E-state index in [4.69, 9.17) is 22.7 Å². The van der Waals surface area contributed by atoms with Gasteiger partial charge in [-0.05, 0) is 47.5 Å². The quantitative estimate of drug-likeness (QED) is 0.536. The Bertz CT molecular complexity index is 767. The van der Waals surface area contributed by atoms with Crippen molar-refractivity contribution in [2.24, 2.45) is 5.73 Å². The maximum absolute atomic E-state index is 12.3. The maximum Gasteiger partial charge on any atom is 0.253 e. The molecule has 6 heteroatoms. The van der Waals surface area contributed by atoms with E-state index in [1.165, 1.54) is 5.56 Å². The summed E-state index contributed by atoms with van der Waals surface area (Å²) < 4.78 is 5.68. The van der Waals surface area contributed by atoms with Crippen LogP contribution in [0, 0.1) is 0 Å². The van der Waals surface area contributed by atoms with Crippen LogP contribution in [0.1, 0.15) is 36.7 Å². The van der Waals surface area contributed by atoms with Crippen molar-refractivity contribution >= 4 is 28.9 Å². The molecule has 0 aliphatic heterocycles. The highest BCUT2D eigenvalue weighted by Gasteiger charge is 2.13. The summed E-state index contributed by atoms with van der Waals surface area (Å²) in [4.78, 5) is 12.3. The van der Waals surface area contributed by atoms with E-state index in [0.29, 0.717) is 24.4 Å². The average molecular weight is 372 g/mol. The van der Waals surface area contributed by atoms with Crippen LogP contribution >= 0.6 is 12.2 Å². The summed E-state index contributed by atoms with van der Waals surface area (Å²) >= 11 is 4.83. The fraction of sp³-hybridized carbons (Fsp3) is 0.300. The van der Waals surface area contributed by atoms with Crippen LogP contribution < -0.4 is 21.1 Å². The Morgan fingerprint density at radius 2 is 1.77 bits per heavy atom. The van der Waals surface area contributed by atoms with E-state index in [1.807, 2.05) is 18.2 Å². The molecule has 4 N–H and O–H groups in total. The van der Waals surface area contributed by atoms with Gasteiger partial charge in [-0.2, -0.15) is 0 Å². The molecule has 26 heavy (non-hydrogen) atoms. The zero-order valence-corrected chi connectivity index (χ0v) is 16.2. The molecule has 138 valence electrons.